The average Bonchev–Trinajstić information content (AvgIpc) is 1.76. The van der Waals surface area contributed by atoms with Crippen LogP contribution in [0.4, 0.5) is 0 Å². The Morgan fingerprint density at radius 3 is 1.05 bits per heavy atom. The molecule has 9 heteroatoms. The van der Waals surface area contributed by atoms with Crippen molar-refractivity contribution in [1.82, 2.24) is 38.6 Å². The monoisotopic (exact) mass is 1140 g/mol. The van der Waals surface area contributed by atoms with E-state index in [0.29, 0.717) is 23.4 Å². The SMILES string of the molecule is c1ccc(-c2cc(-c3ccccc3)nc(-c3cc(-n4c5ccccc5c5ccccc54)cc(-n4c5ccccc5c5ccccc54)c3)n2)cc1.c1ccc(-c2nc(-c3ccccc3)nc(-n3c4ccccc4c4ccc5c6ccccc6sc5c43)n2)cc1. The molecule has 12 aromatic carbocycles. The molecule has 0 N–H and O–H groups in total. The molecule has 0 amide bonds. The van der Waals surface area contributed by atoms with E-state index in [9.17, 15) is 0 Å². The molecule has 0 aliphatic rings. The molecule has 0 aliphatic carbocycles. The van der Waals surface area contributed by atoms with Crippen LogP contribution in [-0.2, 0) is 0 Å². The Balaban J connectivity index is 0.000000142. The van der Waals surface area contributed by atoms with Gasteiger partial charge in [-0.05, 0) is 60.7 Å². The first-order valence-electron chi connectivity index (χ1n) is 29.5. The molecule has 18 aromatic rings. The second kappa shape index (κ2) is 21.1. The largest absolute Gasteiger partial charge is 0.309 e. The first-order chi connectivity index (χ1) is 43.6. The molecule has 0 bridgehead atoms. The lowest BCUT2D eigenvalue weighted by Gasteiger charge is -2.16. The van der Waals surface area contributed by atoms with Crippen molar-refractivity contribution in [3.63, 3.8) is 0 Å². The van der Waals surface area contributed by atoms with E-state index in [-0.39, 0.29) is 0 Å². The molecule has 6 aromatic heterocycles. The molecule has 412 valence electrons. The Kier molecular flexibility index (Phi) is 12.2. The number of hydrogen-bond acceptors (Lipinski definition) is 6. The van der Waals surface area contributed by atoms with E-state index in [1.807, 2.05) is 84.1 Å². The Labute approximate surface area is 509 Å². The highest BCUT2D eigenvalue weighted by Crippen LogP contribution is 2.44. The lowest BCUT2D eigenvalue weighted by Crippen LogP contribution is -2.06. The summed E-state index contributed by atoms with van der Waals surface area (Å²) in [5.74, 6) is 2.61. The topological polar surface area (TPSA) is 79.2 Å². The van der Waals surface area contributed by atoms with Crippen LogP contribution in [0.25, 0.3) is 160 Å². The molecule has 88 heavy (non-hydrogen) atoms. The van der Waals surface area contributed by atoms with Gasteiger partial charge in [-0.15, -0.1) is 11.3 Å². The van der Waals surface area contributed by atoms with E-state index in [4.69, 9.17) is 24.9 Å². The number of nitrogens with zero attached hydrogens (tertiary/aromatic N) is 8. The lowest BCUT2D eigenvalue weighted by atomic mass is 10.1. The number of benzene rings is 12. The molecule has 0 saturated carbocycles. The minimum absolute atomic E-state index is 0.619. The van der Waals surface area contributed by atoms with Gasteiger partial charge in [-0.3, -0.25) is 4.57 Å². The van der Waals surface area contributed by atoms with Crippen LogP contribution in [0.2, 0.25) is 0 Å². The number of thiophene rings is 1. The average molecular weight is 1140 g/mol. The van der Waals surface area contributed by atoms with Crippen LogP contribution in [0, 0.1) is 0 Å². The summed E-state index contributed by atoms with van der Waals surface area (Å²) >= 11 is 1.82. The smallest absolute Gasteiger partial charge is 0.238 e. The number of aromatic nitrogens is 8. The van der Waals surface area contributed by atoms with Crippen molar-refractivity contribution in [3.05, 3.63) is 303 Å². The third-order valence-corrected chi connectivity index (χ3v) is 18.0. The fourth-order valence-electron chi connectivity index (χ4n) is 12.8. The molecule has 0 radical (unpaired) electrons. The Morgan fingerprint density at radius 2 is 0.591 bits per heavy atom. The first-order valence-corrected chi connectivity index (χ1v) is 30.3. The zero-order valence-corrected chi connectivity index (χ0v) is 48.2. The second-order valence-corrected chi connectivity index (χ2v) is 23.0. The molecule has 0 atom stereocenters. The highest BCUT2D eigenvalue weighted by Gasteiger charge is 2.23. The molecular formula is C79H50N8S. The highest BCUT2D eigenvalue weighted by molar-refractivity contribution is 7.26. The van der Waals surface area contributed by atoms with Crippen LogP contribution >= 0.6 is 11.3 Å². The highest BCUT2D eigenvalue weighted by atomic mass is 32.1. The predicted molar refractivity (Wildman–Crippen MR) is 365 cm³/mol. The van der Waals surface area contributed by atoms with Gasteiger partial charge in [-0.1, -0.05) is 243 Å². The first kappa shape index (κ1) is 50.8. The minimum atomic E-state index is 0.619. The molecular weight excluding hydrogens is 1090 g/mol. The predicted octanol–water partition coefficient (Wildman–Crippen LogP) is 20.3. The van der Waals surface area contributed by atoms with Gasteiger partial charge in [0.25, 0.3) is 0 Å². The molecule has 0 spiro atoms. The summed E-state index contributed by atoms with van der Waals surface area (Å²) in [6.45, 7) is 0. The normalized spacial score (nSPS) is 11.6. The third kappa shape index (κ3) is 8.63. The second-order valence-electron chi connectivity index (χ2n) is 22.0. The summed E-state index contributed by atoms with van der Waals surface area (Å²) in [5, 5.41) is 9.80. The summed E-state index contributed by atoms with van der Waals surface area (Å²) in [6.07, 6.45) is 0. The van der Waals surface area contributed by atoms with Crippen molar-refractivity contribution >= 4 is 96.9 Å². The maximum atomic E-state index is 5.26. The van der Waals surface area contributed by atoms with Crippen molar-refractivity contribution in [2.24, 2.45) is 0 Å². The van der Waals surface area contributed by atoms with Gasteiger partial charge in [-0.25, -0.2) is 15.0 Å². The molecule has 18 rings (SSSR count). The van der Waals surface area contributed by atoms with Crippen LogP contribution in [-0.4, -0.2) is 38.6 Å². The standard InChI is InChI=1S/C46H30N4.C33H20N4S/c1-3-15-31(16-4-1)40-30-41(32-17-5-2-6-18-32)48-46(47-40)33-27-34(49-42-23-11-7-19-36(42)37-20-8-12-24-43(37)49)29-35(28-33)50-44-25-13-9-21-38(44)39-22-10-14-26-45(39)50;1-3-11-21(12-4-1)31-34-32(22-13-5-2-6-14-22)36-33(35-31)37-27-17-9-7-15-23(27)25-19-20-26-24-16-8-10-18-28(24)38-30(26)29(25)37/h1-30H;1-20H. The molecule has 0 unspecified atom stereocenters. The van der Waals surface area contributed by atoms with Crippen LogP contribution < -0.4 is 0 Å². The van der Waals surface area contributed by atoms with Crippen molar-refractivity contribution in [2.75, 3.05) is 0 Å². The molecule has 0 aliphatic heterocycles. The molecule has 0 saturated heterocycles. The Morgan fingerprint density at radius 1 is 0.239 bits per heavy atom. The van der Waals surface area contributed by atoms with Gasteiger partial charge in [0.2, 0.25) is 5.95 Å². The summed E-state index contributed by atoms with van der Waals surface area (Å²) in [5.41, 5.74) is 15.7. The molecule has 6 heterocycles. The van der Waals surface area contributed by atoms with Gasteiger partial charge < -0.3 is 9.13 Å². The van der Waals surface area contributed by atoms with E-state index in [1.165, 1.54) is 52.5 Å². The Hall–Kier alpha value is -11.7. The van der Waals surface area contributed by atoms with Crippen LogP contribution in [0.3, 0.4) is 0 Å². The van der Waals surface area contributed by atoms with Gasteiger partial charge in [-0.2, -0.15) is 9.97 Å². The summed E-state index contributed by atoms with van der Waals surface area (Å²) in [4.78, 5) is 25.6. The van der Waals surface area contributed by atoms with E-state index in [1.54, 1.807) is 0 Å². The fraction of sp³-hybridized carbons (Fsp3) is 0. The van der Waals surface area contributed by atoms with Crippen LogP contribution in [0.5, 0.6) is 0 Å². The number of rotatable bonds is 8. The molecule has 8 nitrogen and oxygen atoms in total. The van der Waals surface area contributed by atoms with Gasteiger partial charge in [0.15, 0.2) is 17.5 Å². The third-order valence-electron chi connectivity index (χ3n) is 16.8. The van der Waals surface area contributed by atoms with Crippen molar-refractivity contribution in [3.8, 4) is 74.0 Å². The van der Waals surface area contributed by atoms with Gasteiger partial charge in [0, 0.05) is 87.0 Å². The number of fused-ring (bicyclic) bond motifs is 13. The minimum Gasteiger partial charge on any atom is -0.309 e. The van der Waals surface area contributed by atoms with Gasteiger partial charge in [0.1, 0.15) is 0 Å². The quantitative estimate of drug-likeness (QED) is 0.151. The summed E-state index contributed by atoms with van der Waals surface area (Å²) in [7, 11) is 0. The van der Waals surface area contributed by atoms with Crippen LogP contribution in [0.1, 0.15) is 0 Å². The fourth-order valence-corrected chi connectivity index (χ4v) is 14.1. The zero-order chi connectivity index (χ0) is 58.1. The van der Waals surface area contributed by atoms with E-state index in [0.717, 1.165) is 83.7 Å². The van der Waals surface area contributed by atoms with Crippen LogP contribution in [0.15, 0.2) is 303 Å². The lowest BCUT2D eigenvalue weighted by molar-refractivity contribution is 0.955. The van der Waals surface area contributed by atoms with E-state index in [2.05, 4.69) is 244 Å². The van der Waals surface area contributed by atoms with E-state index < -0.39 is 0 Å². The summed E-state index contributed by atoms with van der Waals surface area (Å²) in [6, 6.07) is 106. The van der Waals surface area contributed by atoms with Gasteiger partial charge in [0.05, 0.1) is 49.2 Å². The van der Waals surface area contributed by atoms with Crippen molar-refractivity contribution in [2.45, 2.75) is 0 Å². The Bertz CT molecular complexity index is 5340. The number of para-hydroxylation sites is 5. The van der Waals surface area contributed by atoms with Crippen molar-refractivity contribution < 1.29 is 0 Å². The zero-order valence-electron chi connectivity index (χ0n) is 47.4. The maximum Gasteiger partial charge on any atom is 0.238 e. The maximum absolute atomic E-state index is 5.26. The van der Waals surface area contributed by atoms with Crippen molar-refractivity contribution in [1.29, 1.82) is 0 Å². The number of hydrogen-bond donors (Lipinski definition) is 0. The van der Waals surface area contributed by atoms with E-state index >= 15 is 0 Å². The van der Waals surface area contributed by atoms with Gasteiger partial charge >= 0.3 is 0 Å². The molecule has 0 fully saturated rings. The summed E-state index contributed by atoms with van der Waals surface area (Å²) < 4.78 is 9.50.